The topological polar surface area (TPSA) is 116 Å². The molecule has 1 aliphatic rings. The molecular weight excluding hydrogens is 350 g/mol. The molecule has 0 aliphatic carbocycles. The summed E-state index contributed by atoms with van der Waals surface area (Å²) >= 11 is 0. The molecule has 2 N–H and O–H groups in total. The largest absolute Gasteiger partial charge is 0.872 e. The van der Waals surface area contributed by atoms with Gasteiger partial charge in [0.05, 0.1) is 12.0 Å². The number of carbonyl (C=O) groups excluding carboxylic acids is 2. The van der Waals surface area contributed by atoms with Crippen LogP contribution in [0.4, 0.5) is 5.69 Å². The summed E-state index contributed by atoms with van der Waals surface area (Å²) in [5, 5.41) is 23.0. The van der Waals surface area contributed by atoms with Gasteiger partial charge in [0.2, 0.25) is 5.91 Å². The van der Waals surface area contributed by atoms with Gasteiger partial charge in [-0.1, -0.05) is 42.1 Å². The summed E-state index contributed by atoms with van der Waals surface area (Å²) < 4.78 is 5.40. The number of esters is 1. The van der Waals surface area contributed by atoms with Gasteiger partial charge >= 0.3 is 11.9 Å². The van der Waals surface area contributed by atoms with Crippen LogP contribution >= 0.6 is 0 Å². The lowest BCUT2D eigenvalue weighted by atomic mass is 9.91. The Morgan fingerprint density at radius 1 is 1.19 bits per heavy atom. The number of carboxylic acid groups (broad SMARTS) is 1. The zero-order valence-corrected chi connectivity index (χ0v) is 14.4. The Kier molecular flexibility index (Phi) is 5.40. The van der Waals surface area contributed by atoms with E-state index in [4.69, 9.17) is 9.84 Å². The molecule has 1 amide bonds. The van der Waals surface area contributed by atoms with E-state index in [1.165, 1.54) is 6.07 Å². The molecule has 140 valence electrons. The van der Waals surface area contributed by atoms with Gasteiger partial charge < -0.3 is 20.3 Å². The number of aromatic carboxylic acids is 1. The Bertz CT molecular complexity index is 864. The SMILES string of the molecule is O=C(CC[C@H]1CC(=O)O[C@@H]1c1ccccc1)Nc1ccc([O-])c(C(=O)O)c1. The highest BCUT2D eigenvalue weighted by molar-refractivity contribution is 5.95. The molecule has 0 unspecified atom stereocenters. The average molecular weight is 368 g/mol. The highest BCUT2D eigenvalue weighted by Gasteiger charge is 2.35. The molecule has 0 spiro atoms. The summed E-state index contributed by atoms with van der Waals surface area (Å²) in [6.45, 7) is 0. The number of benzene rings is 2. The van der Waals surface area contributed by atoms with E-state index in [2.05, 4.69) is 5.32 Å². The average Bonchev–Trinajstić information content (AvgIpc) is 3.03. The summed E-state index contributed by atoms with van der Waals surface area (Å²) in [4.78, 5) is 34.9. The molecule has 27 heavy (non-hydrogen) atoms. The normalized spacial score (nSPS) is 18.7. The lowest BCUT2D eigenvalue weighted by Crippen LogP contribution is -2.16. The molecule has 1 fully saturated rings. The fourth-order valence-electron chi connectivity index (χ4n) is 3.16. The summed E-state index contributed by atoms with van der Waals surface area (Å²) in [5.74, 6) is -2.68. The van der Waals surface area contributed by atoms with Crippen LogP contribution in [0.25, 0.3) is 0 Å². The summed E-state index contributed by atoms with van der Waals surface area (Å²) in [7, 11) is 0. The Labute approximate surface area is 155 Å². The third-order valence-corrected chi connectivity index (χ3v) is 4.48. The van der Waals surface area contributed by atoms with Gasteiger partial charge in [0.25, 0.3) is 0 Å². The van der Waals surface area contributed by atoms with Crippen molar-refractivity contribution in [3.63, 3.8) is 0 Å². The van der Waals surface area contributed by atoms with Crippen LogP contribution < -0.4 is 10.4 Å². The maximum Gasteiger partial charge on any atom is 0.335 e. The summed E-state index contributed by atoms with van der Waals surface area (Å²) in [5.41, 5.74) is 0.744. The minimum Gasteiger partial charge on any atom is -0.872 e. The highest BCUT2D eigenvalue weighted by atomic mass is 16.5. The molecule has 1 heterocycles. The van der Waals surface area contributed by atoms with Crippen molar-refractivity contribution in [3.05, 3.63) is 59.7 Å². The predicted octanol–water partition coefficient (Wildman–Crippen LogP) is 2.48. The Hall–Kier alpha value is -3.35. The summed E-state index contributed by atoms with van der Waals surface area (Å²) in [6.07, 6.45) is 0.472. The van der Waals surface area contributed by atoms with Crippen LogP contribution in [0.15, 0.2) is 48.5 Å². The van der Waals surface area contributed by atoms with Crippen LogP contribution in [0.3, 0.4) is 0 Å². The highest BCUT2D eigenvalue weighted by Crippen LogP contribution is 2.38. The zero-order chi connectivity index (χ0) is 19.4. The molecule has 0 saturated carbocycles. The number of cyclic esters (lactones) is 1. The first-order valence-corrected chi connectivity index (χ1v) is 8.52. The van der Waals surface area contributed by atoms with Crippen LogP contribution in [0.5, 0.6) is 5.75 Å². The van der Waals surface area contributed by atoms with Crippen LogP contribution in [0, 0.1) is 5.92 Å². The number of carbonyl (C=O) groups is 3. The second-order valence-electron chi connectivity index (χ2n) is 6.39. The van der Waals surface area contributed by atoms with Gasteiger partial charge in [0.1, 0.15) is 6.10 Å². The number of anilines is 1. The quantitative estimate of drug-likeness (QED) is 0.757. The third kappa shape index (κ3) is 4.44. The zero-order valence-electron chi connectivity index (χ0n) is 14.4. The molecule has 0 aromatic heterocycles. The van der Waals surface area contributed by atoms with Gasteiger partial charge in [-0.3, -0.25) is 9.59 Å². The van der Waals surface area contributed by atoms with E-state index in [0.717, 1.165) is 17.7 Å². The predicted molar refractivity (Wildman–Crippen MR) is 94.1 cm³/mol. The molecule has 0 bridgehead atoms. The van der Waals surface area contributed by atoms with E-state index in [-0.39, 0.29) is 42.4 Å². The first kappa shape index (κ1) is 18.4. The molecule has 2 aromatic rings. The van der Waals surface area contributed by atoms with Crippen LogP contribution in [0.1, 0.15) is 41.3 Å². The molecule has 1 aliphatic heterocycles. The maximum atomic E-state index is 12.2. The van der Waals surface area contributed by atoms with Gasteiger partial charge in [-0.2, -0.15) is 0 Å². The van der Waals surface area contributed by atoms with Crippen molar-refractivity contribution < 1.29 is 29.3 Å². The summed E-state index contributed by atoms with van der Waals surface area (Å²) in [6, 6.07) is 13.0. The van der Waals surface area contributed by atoms with Gasteiger partial charge in [-0.15, -0.1) is 0 Å². The van der Waals surface area contributed by atoms with E-state index in [1.54, 1.807) is 0 Å². The number of amides is 1. The molecule has 2 atom stereocenters. The van der Waals surface area contributed by atoms with Crippen molar-refractivity contribution in [2.75, 3.05) is 5.32 Å². The number of ether oxygens (including phenoxy) is 1. The fourth-order valence-corrected chi connectivity index (χ4v) is 3.16. The van der Waals surface area contributed by atoms with Crippen molar-refractivity contribution in [2.45, 2.75) is 25.4 Å². The number of rotatable bonds is 6. The van der Waals surface area contributed by atoms with E-state index in [9.17, 15) is 19.5 Å². The standard InChI is InChI=1S/C20H19NO6/c22-16-8-7-14(11-15(16)20(25)26)21-17(23)9-6-13-10-18(24)27-19(13)12-4-2-1-3-5-12/h1-5,7-8,11,13,19,22H,6,9-10H2,(H,21,23)(H,25,26)/p-1/t13-,19+/m0/s1. The number of hydrogen-bond acceptors (Lipinski definition) is 5. The molecule has 7 nitrogen and oxygen atoms in total. The second kappa shape index (κ2) is 7.90. The van der Waals surface area contributed by atoms with E-state index in [0.29, 0.717) is 6.42 Å². The molecule has 7 heteroatoms. The lowest BCUT2D eigenvalue weighted by Gasteiger charge is -2.18. The van der Waals surface area contributed by atoms with Gasteiger partial charge in [0, 0.05) is 18.0 Å². The molecular formula is C20H18NO6-. The first-order valence-electron chi connectivity index (χ1n) is 8.52. The van der Waals surface area contributed by atoms with E-state index >= 15 is 0 Å². The van der Waals surface area contributed by atoms with Crippen LogP contribution in [-0.2, 0) is 14.3 Å². The lowest BCUT2D eigenvalue weighted by molar-refractivity contribution is -0.268. The van der Waals surface area contributed by atoms with Crippen molar-refractivity contribution in [2.24, 2.45) is 5.92 Å². The number of nitrogens with one attached hydrogen (secondary N) is 1. The number of hydrogen-bond donors (Lipinski definition) is 2. The van der Waals surface area contributed by atoms with Crippen molar-refractivity contribution in [1.29, 1.82) is 0 Å². The third-order valence-electron chi connectivity index (χ3n) is 4.48. The van der Waals surface area contributed by atoms with Gasteiger partial charge in [0.15, 0.2) is 0 Å². The molecule has 1 saturated heterocycles. The fraction of sp³-hybridized carbons (Fsp3) is 0.250. The monoisotopic (exact) mass is 368 g/mol. The van der Waals surface area contributed by atoms with Crippen LogP contribution in [-0.4, -0.2) is 23.0 Å². The number of carboxylic acids is 1. The van der Waals surface area contributed by atoms with E-state index < -0.39 is 17.3 Å². The first-order chi connectivity index (χ1) is 12.9. The second-order valence-corrected chi connectivity index (χ2v) is 6.39. The van der Waals surface area contributed by atoms with Crippen molar-refractivity contribution in [3.8, 4) is 5.75 Å². The minimum atomic E-state index is -1.34. The van der Waals surface area contributed by atoms with Crippen molar-refractivity contribution in [1.82, 2.24) is 0 Å². The smallest absolute Gasteiger partial charge is 0.335 e. The minimum absolute atomic E-state index is 0.107. The van der Waals surface area contributed by atoms with Crippen molar-refractivity contribution >= 4 is 23.5 Å². The molecule has 3 rings (SSSR count). The Morgan fingerprint density at radius 3 is 2.63 bits per heavy atom. The maximum absolute atomic E-state index is 12.2. The van der Waals surface area contributed by atoms with E-state index in [1.807, 2.05) is 30.3 Å². The van der Waals surface area contributed by atoms with Crippen LogP contribution in [0.2, 0.25) is 0 Å². The molecule has 0 radical (unpaired) electrons. The van der Waals surface area contributed by atoms with Gasteiger partial charge in [-0.25, -0.2) is 4.79 Å². The molecule has 2 aromatic carbocycles. The Balaban J connectivity index is 1.61. The van der Waals surface area contributed by atoms with Gasteiger partial charge in [-0.05, 0) is 24.1 Å². The Morgan fingerprint density at radius 2 is 1.93 bits per heavy atom.